The summed E-state index contributed by atoms with van der Waals surface area (Å²) < 4.78 is 0. The van der Waals surface area contributed by atoms with E-state index in [1.54, 1.807) is 0 Å². The molecule has 0 aromatic carbocycles. The summed E-state index contributed by atoms with van der Waals surface area (Å²) in [5.74, 6) is -0.597. The van der Waals surface area contributed by atoms with E-state index in [9.17, 15) is 9.59 Å². The predicted octanol–water partition coefficient (Wildman–Crippen LogP) is 3.54. The van der Waals surface area contributed by atoms with Gasteiger partial charge in [-0.15, -0.1) is 12.4 Å². The van der Waals surface area contributed by atoms with E-state index in [0.717, 1.165) is 0 Å². The molecule has 0 amide bonds. The van der Waals surface area contributed by atoms with Crippen molar-refractivity contribution in [3.63, 3.8) is 0 Å². The van der Waals surface area contributed by atoms with E-state index < -0.39 is 5.78 Å². The Morgan fingerprint density at radius 2 is 1.38 bits per heavy atom. The number of nitrogens with zero attached hydrogens (tertiary/aromatic N) is 1. The Morgan fingerprint density at radius 3 is 1.38 bits per heavy atom. The number of hydrogen-bond acceptors (Lipinski definition) is 4. The molecule has 0 aliphatic rings. The van der Waals surface area contributed by atoms with Gasteiger partial charge in [0.15, 0.2) is 5.78 Å². The van der Waals surface area contributed by atoms with E-state index in [2.05, 4.69) is 40.0 Å². The number of carbonyl (C=O) groups is 2. The van der Waals surface area contributed by atoms with Gasteiger partial charge in [0, 0.05) is 13.8 Å². The molecule has 8 heteroatoms. The summed E-state index contributed by atoms with van der Waals surface area (Å²) in [4.78, 5) is 19.4. The molecule has 0 heterocycles. The van der Waals surface area contributed by atoms with Crippen molar-refractivity contribution in [2.45, 2.75) is 28.2 Å². The van der Waals surface area contributed by atoms with E-state index in [4.69, 9.17) is 10.7 Å². The van der Waals surface area contributed by atoms with E-state index in [-0.39, 0.29) is 31.3 Å². The van der Waals surface area contributed by atoms with Crippen LogP contribution in [0.5, 0.6) is 0 Å². The third-order valence-corrected chi connectivity index (χ3v) is 0.686. The molecule has 0 fully saturated rings. The van der Waals surface area contributed by atoms with Crippen molar-refractivity contribution in [1.29, 1.82) is 10.7 Å². The molecule has 0 rings (SSSR count). The first-order valence-corrected chi connectivity index (χ1v) is 12.2. The summed E-state index contributed by atoms with van der Waals surface area (Å²) in [5, 5.41) is 14.1. The second-order valence-electron chi connectivity index (χ2n) is 1.91. The summed E-state index contributed by atoms with van der Waals surface area (Å²) in [5.41, 5.74) is 0.120. The number of nitrogens with one attached hydrogen (secondary N) is 1. The molecule has 0 saturated heterocycles. The second-order valence-corrected chi connectivity index (χ2v) is 13.7. The fourth-order valence-electron chi connectivity index (χ4n) is 0. The van der Waals surface area contributed by atoms with Crippen LogP contribution in [-0.4, -0.2) is 17.3 Å². The van der Waals surface area contributed by atoms with Gasteiger partial charge in [-0.2, -0.15) is 5.26 Å². The number of hydrogen-bond donors (Lipinski definition) is 1. The predicted molar refractivity (Wildman–Crippen MR) is 82.4 cm³/mol. The maximum absolute atomic E-state index is 9.92. The minimum atomic E-state index is -0.440. The van der Waals surface area contributed by atoms with Crippen LogP contribution in [-0.2, 0) is 19.1 Å². The van der Waals surface area contributed by atoms with Crippen LogP contribution in [0.25, 0.3) is 0 Å². The molecule has 0 aromatic rings. The van der Waals surface area contributed by atoms with Gasteiger partial charge in [-0.1, -0.05) is 7.43 Å². The number of rotatable bonds is 1. The van der Waals surface area contributed by atoms with Gasteiger partial charge in [0.1, 0.15) is 6.07 Å². The molecule has 4 nitrogen and oxygen atoms in total. The molecule has 95 valence electrons. The number of halogens is 3. The van der Waals surface area contributed by atoms with Crippen molar-refractivity contribution in [3.05, 3.63) is 0 Å². The van der Waals surface area contributed by atoms with Gasteiger partial charge in [0.05, 0.1) is 5.71 Å². The van der Waals surface area contributed by atoms with Gasteiger partial charge in [-0.05, 0) is 6.92 Å². The number of ketones is 2. The molecule has 0 atom stereocenters. The van der Waals surface area contributed by atoms with Crippen molar-refractivity contribution < 1.29 is 19.1 Å². The second kappa shape index (κ2) is 24.9. The average Bonchev–Trinajstić information content (AvgIpc) is 2.06. The van der Waals surface area contributed by atoms with E-state index >= 15 is 0 Å². The van der Waals surface area contributed by atoms with Crippen molar-refractivity contribution in [3.8, 4) is 6.07 Å². The minimum absolute atomic E-state index is 0. The molecule has 0 radical (unpaired) electrons. The van der Waals surface area contributed by atoms with Crippen LogP contribution in [0.4, 0.5) is 0 Å². The van der Waals surface area contributed by atoms with Crippen LogP contribution in [0.15, 0.2) is 0 Å². The van der Waals surface area contributed by atoms with Crippen LogP contribution < -0.4 is 0 Å². The first kappa shape index (κ1) is 30.1. The molecule has 0 unspecified atom stereocenters. The maximum atomic E-state index is 9.92. The molecule has 0 aliphatic heterocycles. The van der Waals surface area contributed by atoms with Crippen LogP contribution in [0.2, 0.25) is 0 Å². The third-order valence-electron chi connectivity index (χ3n) is 0.686. The Labute approximate surface area is 132 Å². The van der Waals surface area contributed by atoms with Crippen LogP contribution in [0.3, 0.4) is 0 Å². The van der Waals surface area contributed by atoms with Gasteiger partial charge in [-0.25, -0.2) is 0 Å². The first-order valence-electron chi connectivity index (χ1n) is 3.22. The summed E-state index contributed by atoms with van der Waals surface area (Å²) in [6.07, 6.45) is 0. The monoisotopic (exact) mass is 511 g/mol. The number of Topliss-reactive ketones (excluding diaryl/α,β-unsaturated/α-hetero) is 2. The fraction of sp³-hybridized carbons (Fsp3) is 0.500. The molecular weight excluding hydrogens is 496 g/mol. The molecule has 1 N–H and O–H groups in total. The summed E-state index contributed by atoms with van der Waals surface area (Å²) in [7, 11) is 0.628. The van der Waals surface area contributed by atoms with Crippen molar-refractivity contribution in [1.82, 2.24) is 0 Å². The topological polar surface area (TPSA) is 81.8 Å². The molecular formula is C8H15ClI2N2O2V. The average molecular weight is 511 g/mol. The standard InChI is InChI=1S/C4H7NO.C3H3NO.CH4.ClH.2HI.V/c1-3(5)4(2)6;1-3(5)2-4;;;;;/h5H,1-2H3;1H3;1H4;3*1H;/q;;;;;;+2/p-2. The van der Waals surface area contributed by atoms with E-state index in [1.807, 2.05) is 0 Å². The van der Waals surface area contributed by atoms with Crippen molar-refractivity contribution in [2.24, 2.45) is 0 Å². The zero-order chi connectivity index (χ0) is 12.1. The number of nitriles is 1. The summed E-state index contributed by atoms with van der Waals surface area (Å²) in [6, 6.07) is 1.39. The van der Waals surface area contributed by atoms with Gasteiger partial charge >= 0.3 is 49.4 Å². The zero-order valence-corrected chi connectivity index (χ0v) is 14.9. The molecule has 16 heavy (non-hydrogen) atoms. The zero-order valence-electron chi connectivity index (χ0n) is 8.38. The van der Waals surface area contributed by atoms with Gasteiger partial charge in [-0.3, -0.25) is 9.59 Å². The first-order chi connectivity index (χ1) is 6.33. The normalized spacial score (nSPS) is 5.50. The van der Waals surface area contributed by atoms with Crippen LogP contribution >= 0.6 is 52.4 Å². The van der Waals surface area contributed by atoms with Gasteiger partial charge in [0.25, 0.3) is 0 Å². The Morgan fingerprint density at radius 1 is 1.25 bits per heavy atom. The Balaban J connectivity index is -0.0000000373. The molecule has 0 saturated carbocycles. The summed E-state index contributed by atoms with van der Waals surface area (Å²) >= 11 is 4.74. The van der Waals surface area contributed by atoms with E-state index in [0.29, 0.717) is 9.47 Å². The van der Waals surface area contributed by atoms with Crippen LogP contribution in [0, 0.1) is 16.7 Å². The SMILES string of the molecule is C.CC(=N)C(C)=O.CC(=O)C#N.Cl.[I][V][I]. The fourth-order valence-corrected chi connectivity index (χ4v) is 0. The summed E-state index contributed by atoms with van der Waals surface area (Å²) in [6.45, 7) is 4.07. The molecule has 0 spiro atoms. The molecule has 0 bridgehead atoms. The van der Waals surface area contributed by atoms with Gasteiger partial charge in [0.2, 0.25) is 5.78 Å². The third kappa shape index (κ3) is 60.8. The van der Waals surface area contributed by atoms with E-state index in [1.165, 1.54) is 26.8 Å². The Hall–Kier alpha value is 0.834. The van der Waals surface area contributed by atoms with Gasteiger partial charge < -0.3 is 5.41 Å². The van der Waals surface area contributed by atoms with Crippen LogP contribution in [0.1, 0.15) is 28.2 Å². The quantitative estimate of drug-likeness (QED) is 0.332. The number of carbonyl (C=O) groups excluding carboxylic acids is 2. The molecule has 0 aliphatic carbocycles. The van der Waals surface area contributed by atoms with Crippen molar-refractivity contribution in [2.75, 3.05) is 0 Å². The molecule has 0 aromatic heterocycles. The Kier molecular flexibility index (Phi) is 46.9. The Bertz CT molecular complexity index is 233. The van der Waals surface area contributed by atoms with Crippen molar-refractivity contribution >= 4 is 69.6 Å².